The first kappa shape index (κ1) is 26.3. The summed E-state index contributed by atoms with van der Waals surface area (Å²) in [6.07, 6.45) is 1.38. The van der Waals surface area contributed by atoms with Crippen LogP contribution >= 0.6 is 23.4 Å². The minimum Gasteiger partial charge on any atom is -0.352 e. The van der Waals surface area contributed by atoms with Gasteiger partial charge in [-0.15, -0.1) is 11.8 Å². The normalized spacial score (nSPS) is 12.8. The van der Waals surface area contributed by atoms with Crippen LogP contribution in [0.5, 0.6) is 0 Å². The number of nitrogens with zero attached hydrogens (tertiary/aromatic N) is 1. The molecule has 0 saturated carbocycles. The standard InChI is InChI=1S/C26H35ClN2O2S/c1-6-20(5)28-26(31)24(7-2)29(15-22-10-8-9-11-23(22)27)25(30)17-32-16-21-13-18(3)12-19(4)14-21/h8-14,20,24H,6-7,15-17H2,1-5H3,(H,28,31)/t20-,24-/m1/s1. The second kappa shape index (κ2) is 12.9. The summed E-state index contributed by atoms with van der Waals surface area (Å²) < 4.78 is 0. The largest absolute Gasteiger partial charge is 0.352 e. The molecule has 0 bridgehead atoms. The smallest absolute Gasteiger partial charge is 0.243 e. The van der Waals surface area contributed by atoms with E-state index in [4.69, 9.17) is 11.6 Å². The number of carbonyl (C=O) groups excluding carboxylic acids is 2. The fraction of sp³-hybridized carbons (Fsp3) is 0.462. The molecule has 0 saturated heterocycles. The molecule has 0 fully saturated rings. The van der Waals surface area contributed by atoms with Crippen molar-refractivity contribution >= 4 is 35.2 Å². The van der Waals surface area contributed by atoms with Crippen molar-refractivity contribution in [2.24, 2.45) is 0 Å². The molecule has 0 aliphatic carbocycles. The molecule has 2 aromatic carbocycles. The van der Waals surface area contributed by atoms with E-state index in [1.807, 2.05) is 45.0 Å². The number of aryl methyl sites for hydroxylation is 2. The number of benzene rings is 2. The van der Waals surface area contributed by atoms with E-state index in [2.05, 4.69) is 37.4 Å². The first-order valence-electron chi connectivity index (χ1n) is 11.2. The van der Waals surface area contributed by atoms with Gasteiger partial charge in [-0.05, 0) is 50.8 Å². The molecule has 0 radical (unpaired) electrons. The fourth-order valence-electron chi connectivity index (χ4n) is 3.66. The Bertz CT molecular complexity index is 898. The van der Waals surface area contributed by atoms with Gasteiger partial charge in [-0.25, -0.2) is 0 Å². The number of nitrogens with one attached hydrogen (secondary N) is 1. The van der Waals surface area contributed by atoms with Gasteiger partial charge in [0.05, 0.1) is 5.75 Å². The lowest BCUT2D eigenvalue weighted by Gasteiger charge is -2.31. The van der Waals surface area contributed by atoms with Crippen LogP contribution in [0.3, 0.4) is 0 Å². The van der Waals surface area contributed by atoms with Gasteiger partial charge in [0.2, 0.25) is 11.8 Å². The lowest BCUT2D eigenvalue weighted by Crippen LogP contribution is -2.51. The maximum atomic E-state index is 13.3. The average Bonchev–Trinajstić information content (AvgIpc) is 2.74. The summed E-state index contributed by atoms with van der Waals surface area (Å²) >= 11 is 7.95. The summed E-state index contributed by atoms with van der Waals surface area (Å²) in [4.78, 5) is 28.0. The number of thioether (sulfide) groups is 1. The molecule has 4 nitrogen and oxygen atoms in total. The Morgan fingerprint density at radius 2 is 1.72 bits per heavy atom. The molecule has 0 heterocycles. The first-order chi connectivity index (χ1) is 15.2. The number of hydrogen-bond acceptors (Lipinski definition) is 3. The predicted molar refractivity (Wildman–Crippen MR) is 136 cm³/mol. The molecule has 32 heavy (non-hydrogen) atoms. The molecule has 0 aromatic heterocycles. The molecule has 0 aliphatic heterocycles. The van der Waals surface area contributed by atoms with E-state index < -0.39 is 6.04 Å². The third-order valence-corrected chi connectivity index (χ3v) is 6.82. The highest BCUT2D eigenvalue weighted by Gasteiger charge is 2.29. The fourth-order valence-corrected chi connectivity index (χ4v) is 4.70. The summed E-state index contributed by atoms with van der Waals surface area (Å²) in [7, 11) is 0. The van der Waals surface area contributed by atoms with Gasteiger partial charge < -0.3 is 10.2 Å². The van der Waals surface area contributed by atoms with E-state index in [9.17, 15) is 9.59 Å². The van der Waals surface area contributed by atoms with E-state index in [0.717, 1.165) is 17.7 Å². The molecular weight excluding hydrogens is 440 g/mol. The first-order valence-corrected chi connectivity index (χ1v) is 12.8. The summed E-state index contributed by atoms with van der Waals surface area (Å²) in [5.74, 6) is 0.904. The summed E-state index contributed by atoms with van der Waals surface area (Å²) in [6, 6.07) is 13.5. The third-order valence-electron chi connectivity index (χ3n) is 5.46. The van der Waals surface area contributed by atoms with Crippen molar-refractivity contribution in [2.75, 3.05) is 5.75 Å². The van der Waals surface area contributed by atoms with Crippen molar-refractivity contribution in [1.29, 1.82) is 0 Å². The molecule has 6 heteroatoms. The molecule has 174 valence electrons. The van der Waals surface area contributed by atoms with Crippen molar-refractivity contribution in [3.05, 3.63) is 69.7 Å². The number of rotatable bonds is 11. The predicted octanol–water partition coefficient (Wildman–Crippen LogP) is 5.91. The zero-order chi connectivity index (χ0) is 23.7. The second-order valence-corrected chi connectivity index (χ2v) is 9.74. The van der Waals surface area contributed by atoms with Gasteiger partial charge in [0.1, 0.15) is 6.04 Å². The lowest BCUT2D eigenvalue weighted by molar-refractivity contribution is -0.139. The highest BCUT2D eigenvalue weighted by Crippen LogP contribution is 2.22. The van der Waals surface area contributed by atoms with Gasteiger partial charge in [-0.2, -0.15) is 0 Å². The maximum absolute atomic E-state index is 13.3. The van der Waals surface area contributed by atoms with Crippen LogP contribution in [-0.4, -0.2) is 34.6 Å². The SMILES string of the molecule is CC[C@@H](C)NC(=O)[C@@H](CC)N(Cc1ccccc1Cl)C(=O)CSCc1cc(C)cc(C)c1. The van der Waals surface area contributed by atoms with Crippen LogP contribution in [0.2, 0.25) is 5.02 Å². The van der Waals surface area contributed by atoms with Crippen LogP contribution in [0.4, 0.5) is 0 Å². The lowest BCUT2D eigenvalue weighted by atomic mass is 10.1. The minimum atomic E-state index is -0.533. The van der Waals surface area contributed by atoms with Crippen molar-refractivity contribution in [3.8, 4) is 0 Å². The van der Waals surface area contributed by atoms with Crippen LogP contribution < -0.4 is 5.32 Å². The highest BCUT2D eigenvalue weighted by atomic mass is 35.5. The number of amides is 2. The third kappa shape index (κ3) is 7.86. The van der Waals surface area contributed by atoms with Crippen LogP contribution in [-0.2, 0) is 21.9 Å². The van der Waals surface area contributed by atoms with Gasteiger partial charge in [0.25, 0.3) is 0 Å². The van der Waals surface area contributed by atoms with Gasteiger partial charge in [0, 0.05) is 23.4 Å². The molecule has 1 N–H and O–H groups in total. The molecule has 0 unspecified atom stereocenters. The van der Waals surface area contributed by atoms with E-state index >= 15 is 0 Å². The molecule has 0 aliphatic rings. The van der Waals surface area contributed by atoms with Gasteiger partial charge >= 0.3 is 0 Å². The summed E-state index contributed by atoms with van der Waals surface area (Å²) in [5, 5.41) is 3.64. The zero-order valence-corrected chi connectivity index (χ0v) is 21.4. The monoisotopic (exact) mass is 474 g/mol. The van der Waals surface area contributed by atoms with Gasteiger partial charge in [-0.3, -0.25) is 9.59 Å². The Morgan fingerprint density at radius 3 is 2.31 bits per heavy atom. The highest BCUT2D eigenvalue weighted by molar-refractivity contribution is 7.99. The zero-order valence-electron chi connectivity index (χ0n) is 19.8. The van der Waals surface area contributed by atoms with Crippen LogP contribution in [0.25, 0.3) is 0 Å². The second-order valence-electron chi connectivity index (χ2n) is 8.34. The Balaban J connectivity index is 2.17. The number of carbonyl (C=O) groups is 2. The molecule has 0 spiro atoms. The Hall–Kier alpha value is -1.98. The van der Waals surface area contributed by atoms with E-state index in [0.29, 0.717) is 23.7 Å². The van der Waals surface area contributed by atoms with Crippen molar-refractivity contribution in [1.82, 2.24) is 10.2 Å². The topological polar surface area (TPSA) is 49.4 Å². The molecular formula is C26H35ClN2O2S. The minimum absolute atomic E-state index is 0.0505. The Morgan fingerprint density at radius 1 is 1.06 bits per heavy atom. The van der Waals surface area contributed by atoms with Gasteiger partial charge in [0.15, 0.2) is 0 Å². The maximum Gasteiger partial charge on any atom is 0.243 e. The van der Waals surface area contributed by atoms with Crippen LogP contribution in [0.1, 0.15) is 55.9 Å². The average molecular weight is 475 g/mol. The van der Waals surface area contributed by atoms with Crippen LogP contribution in [0, 0.1) is 13.8 Å². The summed E-state index contributed by atoms with van der Waals surface area (Å²) in [5.41, 5.74) is 4.50. The Kier molecular flexibility index (Phi) is 10.6. The van der Waals surface area contributed by atoms with Gasteiger partial charge in [-0.1, -0.05) is 73.0 Å². The molecule has 2 rings (SSSR count). The number of halogens is 1. The van der Waals surface area contributed by atoms with E-state index in [1.54, 1.807) is 16.7 Å². The van der Waals surface area contributed by atoms with Crippen LogP contribution in [0.15, 0.2) is 42.5 Å². The van der Waals surface area contributed by atoms with Crippen molar-refractivity contribution in [2.45, 2.75) is 71.8 Å². The summed E-state index contributed by atoms with van der Waals surface area (Å²) in [6.45, 7) is 10.4. The quantitative estimate of drug-likeness (QED) is 0.440. The van der Waals surface area contributed by atoms with E-state index in [-0.39, 0.29) is 17.9 Å². The number of hydrogen-bond donors (Lipinski definition) is 1. The molecule has 2 amide bonds. The van der Waals surface area contributed by atoms with Crippen molar-refractivity contribution in [3.63, 3.8) is 0 Å². The van der Waals surface area contributed by atoms with E-state index in [1.165, 1.54) is 16.7 Å². The Labute approximate surface area is 202 Å². The van der Waals surface area contributed by atoms with Crippen molar-refractivity contribution < 1.29 is 9.59 Å². The molecule has 2 atom stereocenters. The molecule has 2 aromatic rings.